The monoisotopic (exact) mass is 297 g/mol. The predicted molar refractivity (Wildman–Crippen MR) is 73.6 cm³/mol. The second-order valence-corrected chi connectivity index (χ2v) is 5.15. The van der Waals surface area contributed by atoms with Gasteiger partial charge in [-0.15, -0.1) is 22.0 Å². The molecule has 2 aromatic rings. The molecule has 0 saturated heterocycles. The molecular weight excluding hydrogens is 286 g/mol. The molecule has 2 rings (SSSR count). The lowest BCUT2D eigenvalue weighted by molar-refractivity contribution is -0.118. The quantitative estimate of drug-likeness (QED) is 0.842. The van der Waals surface area contributed by atoms with E-state index in [0.717, 1.165) is 11.3 Å². The van der Waals surface area contributed by atoms with Gasteiger partial charge >= 0.3 is 0 Å². The van der Waals surface area contributed by atoms with E-state index in [1.807, 2.05) is 24.3 Å². The lowest BCUT2D eigenvalue weighted by Gasteiger charge is -2.03. The maximum absolute atomic E-state index is 11.6. The zero-order valence-electron chi connectivity index (χ0n) is 9.97. The van der Waals surface area contributed by atoms with E-state index in [9.17, 15) is 4.79 Å². The highest BCUT2D eigenvalue weighted by Crippen LogP contribution is 2.16. The minimum Gasteiger partial charge on any atom is -0.348 e. The van der Waals surface area contributed by atoms with Gasteiger partial charge in [0.15, 0.2) is 5.82 Å². The van der Waals surface area contributed by atoms with Gasteiger partial charge < -0.3 is 5.32 Å². The molecule has 0 unspecified atom stereocenters. The van der Waals surface area contributed by atoms with Crippen LogP contribution in [0.25, 0.3) is 0 Å². The van der Waals surface area contributed by atoms with Crippen LogP contribution < -0.4 is 5.32 Å². The molecule has 8 heteroatoms. The van der Waals surface area contributed by atoms with Crippen molar-refractivity contribution in [2.45, 2.75) is 12.3 Å². The molecule has 1 aromatic heterocycles. The summed E-state index contributed by atoms with van der Waals surface area (Å²) in [5.41, 5.74) is 1.10. The number of rotatable bonds is 6. The lowest BCUT2D eigenvalue weighted by atomic mass is 10.2. The molecule has 0 aliphatic rings. The summed E-state index contributed by atoms with van der Waals surface area (Å²) >= 11 is 7.41. The Balaban J connectivity index is 1.66. The summed E-state index contributed by atoms with van der Waals surface area (Å²) in [5, 5.41) is 16.6. The van der Waals surface area contributed by atoms with Gasteiger partial charge in [0.1, 0.15) is 0 Å². The lowest BCUT2D eigenvalue weighted by Crippen LogP contribution is -2.25. The minimum absolute atomic E-state index is 0.0585. The van der Waals surface area contributed by atoms with Gasteiger partial charge in [-0.3, -0.25) is 4.79 Å². The Bertz CT molecular complexity index is 534. The van der Waals surface area contributed by atoms with Crippen molar-refractivity contribution in [1.29, 1.82) is 0 Å². The third-order valence-corrected chi connectivity index (χ3v) is 3.46. The fourth-order valence-corrected chi connectivity index (χ4v) is 2.39. The largest absolute Gasteiger partial charge is 0.348 e. The van der Waals surface area contributed by atoms with Crippen LogP contribution in [0.3, 0.4) is 0 Å². The first-order valence-corrected chi connectivity index (χ1v) is 7.08. The number of benzene rings is 1. The van der Waals surface area contributed by atoms with Crippen molar-refractivity contribution in [3.05, 3.63) is 40.7 Å². The van der Waals surface area contributed by atoms with Gasteiger partial charge in [-0.2, -0.15) is 5.21 Å². The Morgan fingerprint density at radius 1 is 1.47 bits per heavy atom. The standard InChI is InChI=1S/C11H12ClN5OS/c12-9-3-1-2-8(4-9)6-19-7-11(18)13-5-10-14-16-17-15-10/h1-4H,5-7H2,(H,13,18)(H,14,15,16,17). The second kappa shape index (κ2) is 7.10. The van der Waals surface area contributed by atoms with Crippen molar-refractivity contribution in [2.24, 2.45) is 0 Å². The SMILES string of the molecule is O=C(CSCc1cccc(Cl)c1)NCc1nn[nH]n1. The molecule has 19 heavy (non-hydrogen) atoms. The summed E-state index contributed by atoms with van der Waals surface area (Å²) in [6.07, 6.45) is 0. The first kappa shape index (κ1) is 13.8. The van der Waals surface area contributed by atoms with Gasteiger partial charge in [-0.1, -0.05) is 28.9 Å². The minimum atomic E-state index is -0.0585. The van der Waals surface area contributed by atoms with Crippen molar-refractivity contribution in [3.8, 4) is 0 Å². The van der Waals surface area contributed by atoms with Gasteiger partial charge in [-0.05, 0) is 17.7 Å². The summed E-state index contributed by atoms with van der Waals surface area (Å²) in [6, 6.07) is 7.60. The molecular formula is C11H12ClN5OS. The van der Waals surface area contributed by atoms with Crippen molar-refractivity contribution >= 4 is 29.3 Å². The molecule has 0 aliphatic carbocycles. The number of tetrazole rings is 1. The van der Waals surface area contributed by atoms with Gasteiger partial charge in [-0.25, -0.2) is 0 Å². The summed E-state index contributed by atoms with van der Waals surface area (Å²) in [5.74, 6) is 1.53. The van der Waals surface area contributed by atoms with Crippen molar-refractivity contribution in [1.82, 2.24) is 25.9 Å². The van der Waals surface area contributed by atoms with Gasteiger partial charge in [0.05, 0.1) is 12.3 Å². The van der Waals surface area contributed by atoms with Gasteiger partial charge in [0.2, 0.25) is 5.91 Å². The van der Waals surface area contributed by atoms with E-state index in [2.05, 4.69) is 25.9 Å². The molecule has 0 atom stereocenters. The number of nitrogens with one attached hydrogen (secondary N) is 2. The van der Waals surface area contributed by atoms with Crippen LogP contribution in [0.15, 0.2) is 24.3 Å². The number of aromatic amines is 1. The Labute approximate surface area is 119 Å². The van der Waals surface area contributed by atoms with Crippen LogP contribution in [-0.4, -0.2) is 32.3 Å². The van der Waals surface area contributed by atoms with E-state index < -0.39 is 0 Å². The fourth-order valence-electron chi connectivity index (χ4n) is 1.37. The fraction of sp³-hybridized carbons (Fsp3) is 0.273. The van der Waals surface area contributed by atoms with Crippen LogP contribution in [0.1, 0.15) is 11.4 Å². The molecule has 1 aromatic carbocycles. The molecule has 2 N–H and O–H groups in total. The van der Waals surface area contributed by atoms with E-state index in [1.165, 1.54) is 11.8 Å². The van der Waals surface area contributed by atoms with E-state index in [4.69, 9.17) is 11.6 Å². The summed E-state index contributed by atoms with van der Waals surface area (Å²) in [7, 11) is 0. The molecule has 1 amide bonds. The molecule has 6 nitrogen and oxygen atoms in total. The van der Waals surface area contributed by atoms with Crippen molar-refractivity contribution in [2.75, 3.05) is 5.75 Å². The number of halogens is 1. The Kier molecular flexibility index (Phi) is 5.17. The van der Waals surface area contributed by atoms with Crippen LogP contribution in [-0.2, 0) is 17.1 Å². The third kappa shape index (κ3) is 4.88. The van der Waals surface area contributed by atoms with Gasteiger partial charge in [0, 0.05) is 10.8 Å². The number of aromatic nitrogens is 4. The highest BCUT2D eigenvalue weighted by Gasteiger charge is 2.04. The molecule has 0 bridgehead atoms. The van der Waals surface area contributed by atoms with Crippen LogP contribution in [0, 0.1) is 0 Å². The first-order valence-electron chi connectivity index (χ1n) is 5.55. The topological polar surface area (TPSA) is 83.6 Å². The highest BCUT2D eigenvalue weighted by molar-refractivity contribution is 7.99. The van der Waals surface area contributed by atoms with Crippen LogP contribution in [0.4, 0.5) is 0 Å². The Hall–Kier alpha value is -1.60. The summed E-state index contributed by atoms with van der Waals surface area (Å²) in [6.45, 7) is 0.285. The molecule has 100 valence electrons. The molecule has 0 fully saturated rings. The van der Waals surface area contributed by atoms with Crippen molar-refractivity contribution in [3.63, 3.8) is 0 Å². The summed E-state index contributed by atoms with van der Waals surface area (Å²) in [4.78, 5) is 11.6. The number of hydrogen-bond donors (Lipinski definition) is 2. The van der Waals surface area contributed by atoms with E-state index in [0.29, 0.717) is 16.6 Å². The molecule has 0 spiro atoms. The number of carbonyl (C=O) groups excluding carboxylic acids is 1. The van der Waals surface area contributed by atoms with Gasteiger partial charge in [0.25, 0.3) is 0 Å². The second-order valence-electron chi connectivity index (χ2n) is 3.73. The van der Waals surface area contributed by atoms with Crippen molar-refractivity contribution < 1.29 is 4.79 Å². The van der Waals surface area contributed by atoms with Crippen LogP contribution >= 0.6 is 23.4 Å². The van der Waals surface area contributed by atoms with Crippen LogP contribution in [0.5, 0.6) is 0 Å². The molecule has 0 radical (unpaired) electrons. The van der Waals surface area contributed by atoms with Crippen LogP contribution in [0.2, 0.25) is 5.02 Å². The predicted octanol–water partition coefficient (Wildman–Crippen LogP) is 1.40. The van der Waals surface area contributed by atoms with E-state index >= 15 is 0 Å². The number of H-pyrrole nitrogens is 1. The molecule has 1 heterocycles. The average molecular weight is 298 g/mol. The number of thioether (sulfide) groups is 1. The maximum atomic E-state index is 11.6. The maximum Gasteiger partial charge on any atom is 0.230 e. The van der Waals surface area contributed by atoms with E-state index in [1.54, 1.807) is 0 Å². The zero-order chi connectivity index (χ0) is 13.5. The number of hydrogen-bond acceptors (Lipinski definition) is 5. The Morgan fingerprint density at radius 3 is 3.11 bits per heavy atom. The third-order valence-electron chi connectivity index (χ3n) is 2.22. The molecule has 0 saturated carbocycles. The number of amides is 1. The Morgan fingerprint density at radius 2 is 2.37 bits per heavy atom. The average Bonchev–Trinajstić information content (AvgIpc) is 2.89. The summed E-state index contributed by atoms with van der Waals surface area (Å²) < 4.78 is 0. The zero-order valence-corrected chi connectivity index (χ0v) is 11.5. The highest BCUT2D eigenvalue weighted by atomic mass is 35.5. The number of carbonyl (C=O) groups is 1. The number of nitrogens with zero attached hydrogens (tertiary/aromatic N) is 3. The van der Waals surface area contributed by atoms with E-state index in [-0.39, 0.29) is 12.5 Å². The normalized spacial score (nSPS) is 10.4. The first-order chi connectivity index (χ1) is 9.24. The smallest absolute Gasteiger partial charge is 0.230 e. The molecule has 0 aliphatic heterocycles.